The van der Waals surface area contributed by atoms with Gasteiger partial charge in [-0.05, 0) is 51.6 Å². The van der Waals surface area contributed by atoms with Crippen LogP contribution in [0.1, 0.15) is 45.4 Å². The van der Waals surface area contributed by atoms with Crippen molar-refractivity contribution >= 4 is 12.2 Å². The van der Waals surface area contributed by atoms with Crippen LogP contribution in [0.2, 0.25) is 0 Å². The standard InChI is InChI=1S/C15H26N2O2/c1-2-14-5-3-4-8-17(14)15(19)11-16-9-6-13(12-18)7-10-16/h12-14H,2-11H2,1H3. The predicted molar refractivity (Wildman–Crippen MR) is 74.9 cm³/mol. The third-order valence-electron chi connectivity index (χ3n) is 4.60. The van der Waals surface area contributed by atoms with Crippen LogP contribution in [0.5, 0.6) is 0 Å². The van der Waals surface area contributed by atoms with Gasteiger partial charge >= 0.3 is 0 Å². The van der Waals surface area contributed by atoms with Crippen molar-refractivity contribution in [2.45, 2.75) is 51.5 Å². The van der Waals surface area contributed by atoms with E-state index in [-0.39, 0.29) is 11.8 Å². The molecule has 1 amide bonds. The fourth-order valence-electron chi connectivity index (χ4n) is 3.28. The molecule has 2 aliphatic heterocycles. The number of hydrogen-bond donors (Lipinski definition) is 0. The second-order valence-electron chi connectivity index (χ2n) is 5.89. The van der Waals surface area contributed by atoms with Gasteiger partial charge in [-0.15, -0.1) is 0 Å². The van der Waals surface area contributed by atoms with E-state index in [0.717, 1.165) is 58.0 Å². The predicted octanol–water partition coefficient (Wildman–Crippen LogP) is 1.69. The zero-order valence-corrected chi connectivity index (χ0v) is 12.0. The highest BCUT2D eigenvalue weighted by Crippen LogP contribution is 2.20. The molecule has 4 nitrogen and oxygen atoms in total. The largest absolute Gasteiger partial charge is 0.339 e. The average molecular weight is 266 g/mol. The third-order valence-corrected chi connectivity index (χ3v) is 4.60. The Morgan fingerprint density at radius 3 is 2.53 bits per heavy atom. The van der Waals surface area contributed by atoms with E-state index < -0.39 is 0 Å². The molecule has 2 fully saturated rings. The minimum absolute atomic E-state index is 0.213. The highest BCUT2D eigenvalue weighted by molar-refractivity contribution is 5.78. The molecule has 0 spiro atoms. The van der Waals surface area contributed by atoms with Crippen LogP contribution in [0, 0.1) is 5.92 Å². The minimum Gasteiger partial charge on any atom is -0.339 e. The number of nitrogens with zero attached hydrogens (tertiary/aromatic N) is 2. The van der Waals surface area contributed by atoms with Crippen molar-refractivity contribution in [1.29, 1.82) is 0 Å². The van der Waals surface area contributed by atoms with Crippen LogP contribution >= 0.6 is 0 Å². The summed E-state index contributed by atoms with van der Waals surface area (Å²) in [5.41, 5.74) is 0. The Morgan fingerprint density at radius 1 is 1.16 bits per heavy atom. The molecule has 4 heteroatoms. The van der Waals surface area contributed by atoms with E-state index in [9.17, 15) is 9.59 Å². The van der Waals surface area contributed by atoms with Crippen molar-refractivity contribution in [3.8, 4) is 0 Å². The molecule has 0 radical (unpaired) electrons. The molecule has 2 rings (SSSR count). The molecule has 0 saturated carbocycles. The van der Waals surface area contributed by atoms with E-state index in [1.807, 2.05) is 0 Å². The van der Waals surface area contributed by atoms with Crippen molar-refractivity contribution in [1.82, 2.24) is 9.80 Å². The normalized spacial score (nSPS) is 26.4. The molecule has 0 N–H and O–H groups in total. The Hall–Kier alpha value is -0.900. The number of hydrogen-bond acceptors (Lipinski definition) is 3. The van der Waals surface area contributed by atoms with E-state index in [1.54, 1.807) is 0 Å². The molecule has 1 atom stereocenters. The van der Waals surface area contributed by atoms with Crippen molar-refractivity contribution in [3.63, 3.8) is 0 Å². The topological polar surface area (TPSA) is 40.6 Å². The summed E-state index contributed by atoms with van der Waals surface area (Å²) in [7, 11) is 0. The van der Waals surface area contributed by atoms with Gasteiger partial charge in [-0.3, -0.25) is 9.69 Å². The smallest absolute Gasteiger partial charge is 0.236 e. The molecule has 2 saturated heterocycles. The maximum absolute atomic E-state index is 12.4. The molecule has 0 aliphatic carbocycles. The fraction of sp³-hybridized carbons (Fsp3) is 0.867. The van der Waals surface area contributed by atoms with E-state index >= 15 is 0 Å². The number of carbonyl (C=O) groups is 2. The van der Waals surface area contributed by atoms with Crippen LogP contribution in [0.4, 0.5) is 0 Å². The lowest BCUT2D eigenvalue weighted by atomic mass is 9.98. The van der Waals surface area contributed by atoms with Crippen molar-refractivity contribution in [2.24, 2.45) is 5.92 Å². The Bertz CT molecular complexity index is 311. The van der Waals surface area contributed by atoms with Gasteiger partial charge in [0.1, 0.15) is 6.29 Å². The Balaban J connectivity index is 1.81. The zero-order valence-electron chi connectivity index (χ0n) is 12.0. The van der Waals surface area contributed by atoms with Crippen LogP contribution in [0.25, 0.3) is 0 Å². The van der Waals surface area contributed by atoms with Crippen molar-refractivity contribution in [3.05, 3.63) is 0 Å². The van der Waals surface area contributed by atoms with E-state index in [1.165, 1.54) is 6.42 Å². The number of piperidine rings is 2. The summed E-state index contributed by atoms with van der Waals surface area (Å²) in [6.45, 7) is 5.43. The monoisotopic (exact) mass is 266 g/mol. The molecular formula is C15H26N2O2. The van der Waals surface area contributed by atoms with Crippen molar-refractivity contribution < 1.29 is 9.59 Å². The van der Waals surface area contributed by atoms with Gasteiger partial charge in [0, 0.05) is 18.5 Å². The quantitative estimate of drug-likeness (QED) is 0.727. The molecule has 1 unspecified atom stereocenters. The van der Waals surface area contributed by atoms with Crippen LogP contribution < -0.4 is 0 Å². The molecule has 19 heavy (non-hydrogen) atoms. The van der Waals surface area contributed by atoms with Crippen LogP contribution in [0.15, 0.2) is 0 Å². The Labute approximate surface area is 116 Å². The first-order chi connectivity index (χ1) is 9.24. The van der Waals surface area contributed by atoms with Gasteiger partial charge in [0.05, 0.1) is 6.54 Å². The lowest BCUT2D eigenvalue weighted by Crippen LogP contribution is -2.49. The van der Waals surface area contributed by atoms with Crippen molar-refractivity contribution in [2.75, 3.05) is 26.2 Å². The maximum Gasteiger partial charge on any atom is 0.236 e. The first kappa shape index (κ1) is 14.5. The minimum atomic E-state index is 0.213. The lowest BCUT2D eigenvalue weighted by Gasteiger charge is -2.37. The number of amides is 1. The summed E-state index contributed by atoms with van der Waals surface area (Å²) in [6, 6.07) is 0.453. The lowest BCUT2D eigenvalue weighted by molar-refractivity contribution is -0.136. The van der Waals surface area contributed by atoms with E-state index in [0.29, 0.717) is 12.6 Å². The van der Waals surface area contributed by atoms with E-state index in [4.69, 9.17) is 0 Å². The second-order valence-corrected chi connectivity index (χ2v) is 5.89. The van der Waals surface area contributed by atoms with Crippen LogP contribution in [-0.4, -0.2) is 54.2 Å². The maximum atomic E-state index is 12.4. The number of likely N-dealkylation sites (tertiary alicyclic amines) is 2. The number of aldehydes is 1. The van der Waals surface area contributed by atoms with Gasteiger partial charge in [-0.2, -0.15) is 0 Å². The van der Waals surface area contributed by atoms with Gasteiger partial charge in [-0.25, -0.2) is 0 Å². The number of carbonyl (C=O) groups excluding carboxylic acids is 2. The molecule has 108 valence electrons. The average Bonchev–Trinajstić information content (AvgIpc) is 2.48. The summed E-state index contributed by atoms with van der Waals surface area (Å²) in [5, 5.41) is 0. The number of rotatable bonds is 4. The summed E-state index contributed by atoms with van der Waals surface area (Å²) < 4.78 is 0. The summed E-state index contributed by atoms with van der Waals surface area (Å²) in [5.74, 6) is 0.501. The highest BCUT2D eigenvalue weighted by Gasteiger charge is 2.27. The molecular weight excluding hydrogens is 240 g/mol. The summed E-state index contributed by atoms with van der Waals surface area (Å²) in [4.78, 5) is 27.4. The second kappa shape index (κ2) is 7.04. The van der Waals surface area contributed by atoms with Gasteiger partial charge in [0.2, 0.25) is 5.91 Å². The van der Waals surface area contributed by atoms with Gasteiger partial charge in [-0.1, -0.05) is 6.92 Å². The molecule has 0 bridgehead atoms. The van der Waals surface area contributed by atoms with E-state index in [2.05, 4.69) is 16.7 Å². The first-order valence-corrected chi connectivity index (χ1v) is 7.71. The van der Waals surface area contributed by atoms with Gasteiger partial charge < -0.3 is 9.69 Å². The fourth-order valence-corrected chi connectivity index (χ4v) is 3.28. The SMILES string of the molecule is CCC1CCCCN1C(=O)CN1CCC(C=O)CC1. The zero-order chi connectivity index (χ0) is 13.7. The van der Waals surface area contributed by atoms with Crippen LogP contribution in [0.3, 0.4) is 0 Å². The van der Waals surface area contributed by atoms with Gasteiger partial charge in [0.15, 0.2) is 0 Å². The van der Waals surface area contributed by atoms with Gasteiger partial charge in [0.25, 0.3) is 0 Å². The molecule has 0 aromatic rings. The van der Waals surface area contributed by atoms with Crippen LogP contribution in [-0.2, 0) is 9.59 Å². The summed E-state index contributed by atoms with van der Waals surface area (Å²) in [6.07, 6.45) is 7.52. The highest BCUT2D eigenvalue weighted by atomic mass is 16.2. The molecule has 2 aliphatic rings. The Kier molecular flexibility index (Phi) is 5.37. The molecule has 0 aromatic heterocycles. The summed E-state index contributed by atoms with van der Waals surface area (Å²) >= 11 is 0. The molecule has 0 aromatic carbocycles. The first-order valence-electron chi connectivity index (χ1n) is 7.71. The Morgan fingerprint density at radius 2 is 1.89 bits per heavy atom. The molecule has 2 heterocycles. The third kappa shape index (κ3) is 3.78.